The summed E-state index contributed by atoms with van der Waals surface area (Å²) in [5.74, 6) is 0.334. The van der Waals surface area contributed by atoms with Gasteiger partial charge in [-0.15, -0.1) is 0 Å². The third-order valence-electron chi connectivity index (χ3n) is 2.60. The van der Waals surface area contributed by atoms with Gasteiger partial charge in [-0.1, -0.05) is 29.8 Å². The van der Waals surface area contributed by atoms with Crippen LogP contribution in [-0.2, 0) is 4.79 Å². The van der Waals surface area contributed by atoms with Crippen molar-refractivity contribution in [1.29, 1.82) is 0 Å². The maximum absolute atomic E-state index is 11.9. The molecule has 1 atom stereocenters. The lowest BCUT2D eigenvalue weighted by atomic mass is 10.3. The summed E-state index contributed by atoms with van der Waals surface area (Å²) in [6.45, 7) is 1.68. The molecule has 0 fully saturated rings. The number of halogens is 1. The fraction of sp³-hybridized carbons (Fsp3) is 0.133. The first kappa shape index (κ1) is 14.2. The van der Waals surface area contributed by atoms with Gasteiger partial charge in [0.15, 0.2) is 6.10 Å². The molecule has 2 rings (SSSR count). The Morgan fingerprint density at radius 3 is 2.40 bits per heavy atom. The minimum absolute atomic E-state index is 0.260. The van der Waals surface area contributed by atoms with Gasteiger partial charge in [-0.05, 0) is 43.3 Å². The zero-order valence-corrected chi connectivity index (χ0v) is 11.7. The van der Waals surface area contributed by atoms with Crippen LogP contribution in [0.15, 0.2) is 54.6 Å². The van der Waals surface area contributed by atoms with Crippen molar-refractivity contribution >= 4 is 23.2 Å². The Hall–Kier alpha value is -2.20. The molecular formula is C15H15ClN2O2. The van der Waals surface area contributed by atoms with E-state index in [1.165, 1.54) is 0 Å². The van der Waals surface area contributed by atoms with Crippen molar-refractivity contribution in [3.05, 3.63) is 59.6 Å². The average Bonchev–Trinajstić information content (AvgIpc) is 2.48. The number of carbonyl (C=O) groups excluding carboxylic acids is 1. The number of para-hydroxylation sites is 1. The number of hydrogen-bond acceptors (Lipinski definition) is 3. The van der Waals surface area contributed by atoms with Crippen molar-refractivity contribution in [2.45, 2.75) is 13.0 Å². The molecule has 0 aliphatic carbocycles. The molecule has 4 nitrogen and oxygen atoms in total. The molecule has 0 aliphatic heterocycles. The van der Waals surface area contributed by atoms with E-state index in [-0.39, 0.29) is 5.91 Å². The van der Waals surface area contributed by atoms with Crippen LogP contribution in [0.1, 0.15) is 6.92 Å². The first-order valence-corrected chi connectivity index (χ1v) is 6.56. The number of benzene rings is 2. The van der Waals surface area contributed by atoms with Crippen LogP contribution < -0.4 is 15.6 Å². The highest BCUT2D eigenvalue weighted by atomic mass is 35.5. The topological polar surface area (TPSA) is 50.4 Å². The van der Waals surface area contributed by atoms with Gasteiger partial charge in [-0.25, -0.2) is 0 Å². The molecule has 104 valence electrons. The fourth-order valence-corrected chi connectivity index (χ4v) is 1.65. The van der Waals surface area contributed by atoms with Crippen LogP contribution in [0.4, 0.5) is 5.69 Å². The first-order chi connectivity index (χ1) is 9.65. The number of anilines is 1. The Labute approximate surface area is 122 Å². The first-order valence-electron chi connectivity index (χ1n) is 6.18. The summed E-state index contributed by atoms with van der Waals surface area (Å²) in [6, 6.07) is 16.2. The number of rotatable bonds is 5. The molecule has 5 heteroatoms. The number of ether oxygens (including phenoxy) is 1. The minimum atomic E-state index is -0.618. The largest absolute Gasteiger partial charge is 0.481 e. The van der Waals surface area contributed by atoms with E-state index in [4.69, 9.17) is 16.3 Å². The lowest BCUT2D eigenvalue weighted by molar-refractivity contribution is -0.126. The van der Waals surface area contributed by atoms with Crippen LogP contribution in [0.3, 0.4) is 0 Å². The van der Waals surface area contributed by atoms with Gasteiger partial charge in [-0.3, -0.25) is 15.6 Å². The van der Waals surface area contributed by atoms with Crippen LogP contribution in [0, 0.1) is 0 Å². The Morgan fingerprint density at radius 1 is 1.10 bits per heavy atom. The average molecular weight is 291 g/mol. The zero-order chi connectivity index (χ0) is 14.4. The van der Waals surface area contributed by atoms with Gasteiger partial charge in [-0.2, -0.15) is 0 Å². The number of amides is 1. The van der Waals surface area contributed by atoms with E-state index in [0.717, 1.165) is 5.69 Å². The maximum Gasteiger partial charge on any atom is 0.279 e. The zero-order valence-electron chi connectivity index (χ0n) is 11.0. The van der Waals surface area contributed by atoms with Crippen molar-refractivity contribution in [1.82, 2.24) is 5.43 Å². The molecule has 0 aliphatic rings. The van der Waals surface area contributed by atoms with Gasteiger partial charge in [0.1, 0.15) is 5.75 Å². The molecular weight excluding hydrogens is 276 g/mol. The fourth-order valence-electron chi connectivity index (χ4n) is 1.53. The molecule has 2 aromatic carbocycles. The van der Waals surface area contributed by atoms with Crippen LogP contribution in [-0.4, -0.2) is 12.0 Å². The van der Waals surface area contributed by atoms with E-state index in [2.05, 4.69) is 10.9 Å². The van der Waals surface area contributed by atoms with Crippen molar-refractivity contribution in [2.24, 2.45) is 0 Å². The van der Waals surface area contributed by atoms with Crippen molar-refractivity contribution in [3.63, 3.8) is 0 Å². The molecule has 0 saturated carbocycles. The van der Waals surface area contributed by atoms with Gasteiger partial charge < -0.3 is 4.74 Å². The number of nitrogens with one attached hydrogen (secondary N) is 2. The lowest BCUT2D eigenvalue weighted by Crippen LogP contribution is -2.39. The molecule has 0 saturated heterocycles. The third kappa shape index (κ3) is 4.17. The van der Waals surface area contributed by atoms with Crippen LogP contribution >= 0.6 is 11.6 Å². The van der Waals surface area contributed by atoms with Gasteiger partial charge in [0.25, 0.3) is 5.91 Å². The Kier molecular flexibility index (Phi) is 4.85. The molecule has 0 aromatic heterocycles. The quantitative estimate of drug-likeness (QED) is 0.831. The molecule has 2 aromatic rings. The number of carbonyl (C=O) groups is 1. The van der Waals surface area contributed by atoms with Gasteiger partial charge in [0.2, 0.25) is 0 Å². The normalized spacial score (nSPS) is 11.5. The molecule has 0 heterocycles. The van der Waals surface area contributed by atoms with E-state index >= 15 is 0 Å². The second-order valence-electron chi connectivity index (χ2n) is 4.19. The summed E-state index contributed by atoms with van der Waals surface area (Å²) < 4.78 is 5.51. The van der Waals surface area contributed by atoms with E-state index in [1.54, 1.807) is 31.2 Å². The van der Waals surface area contributed by atoms with Crippen molar-refractivity contribution < 1.29 is 9.53 Å². The van der Waals surface area contributed by atoms with E-state index in [1.807, 2.05) is 30.3 Å². The van der Waals surface area contributed by atoms with Crippen molar-refractivity contribution in [3.8, 4) is 5.75 Å². The predicted molar refractivity (Wildman–Crippen MR) is 79.7 cm³/mol. The standard InChI is InChI=1S/C15H15ClN2O2/c1-11(20-14-9-7-12(16)8-10-14)15(19)18-17-13-5-3-2-4-6-13/h2-11,17H,1H3,(H,18,19). The summed E-state index contributed by atoms with van der Waals surface area (Å²) in [4.78, 5) is 11.9. The highest BCUT2D eigenvalue weighted by molar-refractivity contribution is 6.30. The van der Waals surface area contributed by atoms with E-state index < -0.39 is 6.10 Å². The second-order valence-corrected chi connectivity index (χ2v) is 4.63. The molecule has 1 amide bonds. The predicted octanol–water partition coefficient (Wildman–Crippen LogP) is 3.25. The second kappa shape index (κ2) is 6.82. The molecule has 1 unspecified atom stereocenters. The summed E-state index contributed by atoms with van der Waals surface area (Å²) in [5.41, 5.74) is 6.22. The molecule has 2 N–H and O–H groups in total. The Bertz CT molecular complexity index is 558. The summed E-state index contributed by atoms with van der Waals surface area (Å²) >= 11 is 5.78. The Morgan fingerprint density at radius 2 is 1.75 bits per heavy atom. The van der Waals surface area contributed by atoms with Crippen LogP contribution in [0.2, 0.25) is 5.02 Å². The van der Waals surface area contributed by atoms with E-state index in [9.17, 15) is 4.79 Å². The SMILES string of the molecule is CC(Oc1ccc(Cl)cc1)C(=O)NNc1ccccc1. The van der Waals surface area contributed by atoms with Gasteiger partial charge in [0.05, 0.1) is 5.69 Å². The van der Waals surface area contributed by atoms with Crippen LogP contribution in [0.5, 0.6) is 5.75 Å². The summed E-state index contributed by atoms with van der Waals surface area (Å²) in [7, 11) is 0. The van der Waals surface area contributed by atoms with Crippen LogP contribution in [0.25, 0.3) is 0 Å². The third-order valence-corrected chi connectivity index (χ3v) is 2.85. The molecule has 0 bridgehead atoms. The number of hydrazine groups is 1. The number of hydrogen-bond donors (Lipinski definition) is 2. The summed E-state index contributed by atoms with van der Waals surface area (Å²) in [6.07, 6.45) is -0.618. The summed E-state index contributed by atoms with van der Waals surface area (Å²) in [5, 5.41) is 0.625. The Balaban J connectivity index is 1.84. The highest BCUT2D eigenvalue weighted by Crippen LogP contribution is 2.16. The van der Waals surface area contributed by atoms with Gasteiger partial charge >= 0.3 is 0 Å². The van der Waals surface area contributed by atoms with E-state index in [0.29, 0.717) is 10.8 Å². The van der Waals surface area contributed by atoms with Crippen molar-refractivity contribution in [2.75, 3.05) is 5.43 Å². The highest BCUT2D eigenvalue weighted by Gasteiger charge is 2.14. The monoisotopic (exact) mass is 290 g/mol. The van der Waals surface area contributed by atoms with Gasteiger partial charge in [0, 0.05) is 5.02 Å². The lowest BCUT2D eigenvalue weighted by Gasteiger charge is -2.15. The smallest absolute Gasteiger partial charge is 0.279 e. The molecule has 0 radical (unpaired) electrons. The molecule has 0 spiro atoms. The maximum atomic E-state index is 11.9. The molecule has 20 heavy (non-hydrogen) atoms. The minimum Gasteiger partial charge on any atom is -0.481 e.